The van der Waals surface area contributed by atoms with E-state index in [9.17, 15) is 0 Å². The van der Waals surface area contributed by atoms with Gasteiger partial charge in [-0.25, -0.2) is 6.07 Å². The number of pyridine rings is 1. The Bertz CT molecular complexity index is 626. The first-order valence-electron chi connectivity index (χ1n) is 4.91. The largest absolute Gasteiger partial charge is 0.395 e. The van der Waals surface area contributed by atoms with Gasteiger partial charge in [-0.1, -0.05) is 18.2 Å². The summed E-state index contributed by atoms with van der Waals surface area (Å²) in [5, 5.41) is 0. The van der Waals surface area contributed by atoms with Gasteiger partial charge in [-0.15, -0.1) is 23.7 Å². The summed E-state index contributed by atoms with van der Waals surface area (Å²) < 4.78 is 0. The zero-order valence-electron chi connectivity index (χ0n) is 8.96. The van der Waals surface area contributed by atoms with E-state index in [1.807, 2.05) is 30.3 Å². The Morgan fingerprint density at radius 2 is 1.76 bits per heavy atom. The van der Waals surface area contributed by atoms with Crippen molar-refractivity contribution in [3.8, 4) is 11.4 Å². The first-order valence-corrected chi connectivity index (χ1v) is 4.91. The molecule has 0 aliphatic rings. The number of hydrogen-bond donors (Lipinski definition) is 0. The fraction of sp³-hybridized carbons (Fsp3) is 0. The number of fused-ring (bicyclic) bond motifs is 1. The van der Waals surface area contributed by atoms with Crippen molar-refractivity contribution in [1.29, 1.82) is 0 Å². The molecule has 0 amide bonds. The molecular weight excluding hydrogens is 287 g/mol. The minimum atomic E-state index is 0. The van der Waals surface area contributed by atoms with Gasteiger partial charge >= 0.3 is 0 Å². The molecule has 0 saturated heterocycles. The van der Waals surface area contributed by atoms with Gasteiger partial charge in [0.1, 0.15) is 0 Å². The van der Waals surface area contributed by atoms with Crippen LogP contribution >= 0.6 is 0 Å². The van der Waals surface area contributed by atoms with E-state index in [0.29, 0.717) is 11.4 Å². The van der Waals surface area contributed by atoms with E-state index < -0.39 is 0 Å². The van der Waals surface area contributed by atoms with Crippen molar-refractivity contribution < 1.29 is 32.7 Å². The van der Waals surface area contributed by atoms with Crippen molar-refractivity contribution in [2.75, 3.05) is 0 Å². The topological polar surface area (TPSA) is 38.7 Å². The molecule has 0 spiro atoms. The molecule has 3 nitrogen and oxygen atoms in total. The normalized spacial score (nSPS) is 9.88. The predicted molar refractivity (Wildman–Crippen MR) is 60.4 cm³/mol. The minimum Gasteiger partial charge on any atom is -0.395 e. The van der Waals surface area contributed by atoms with Crippen LogP contribution in [0, 0.1) is 12.3 Å². The summed E-state index contributed by atoms with van der Waals surface area (Å²) in [5.74, 6) is 0. The number of rotatable bonds is 1. The summed E-state index contributed by atoms with van der Waals surface area (Å²) in [7, 11) is 0. The second-order valence-corrected chi connectivity index (χ2v) is 3.30. The Kier molecular flexibility index (Phi) is 3.92. The van der Waals surface area contributed by atoms with Crippen molar-refractivity contribution >= 4 is 11.0 Å². The van der Waals surface area contributed by atoms with Crippen LogP contribution in [0.4, 0.5) is 0 Å². The summed E-state index contributed by atoms with van der Waals surface area (Å²) in [6, 6.07) is 14.3. The van der Waals surface area contributed by atoms with E-state index in [1.165, 1.54) is 0 Å². The summed E-state index contributed by atoms with van der Waals surface area (Å²) in [6.07, 6.45) is 4.58. The van der Waals surface area contributed by atoms with Crippen LogP contribution < -0.4 is 0 Å². The van der Waals surface area contributed by atoms with Crippen molar-refractivity contribution in [2.24, 2.45) is 0 Å². The third-order valence-corrected chi connectivity index (χ3v) is 2.23. The van der Waals surface area contributed by atoms with Gasteiger partial charge in [0.2, 0.25) is 0 Å². The Morgan fingerprint density at radius 3 is 2.53 bits per heavy atom. The molecule has 0 fully saturated rings. The van der Waals surface area contributed by atoms with Gasteiger partial charge in [0.05, 0.1) is 0 Å². The summed E-state index contributed by atoms with van der Waals surface area (Å²) in [6.45, 7) is 0. The monoisotopic (exact) mass is 294 g/mol. The summed E-state index contributed by atoms with van der Waals surface area (Å²) in [4.78, 5) is 12.8. The quantitative estimate of drug-likeness (QED) is 0.646. The van der Waals surface area contributed by atoms with E-state index in [1.54, 1.807) is 12.3 Å². The second-order valence-electron chi connectivity index (χ2n) is 3.30. The standard InChI is InChI=1S/C13H7N3.Y/c1-2-7-12-10(5-1)15-9-13(16-12)11-6-3-4-8-14-11;/h1-5,7-8H;/q-2;. The van der Waals surface area contributed by atoms with Crippen LogP contribution in [0.5, 0.6) is 0 Å². The SMILES string of the molecule is [Y].[c-]1cccnc1-c1[c-]nc2ccccc2n1. The zero-order chi connectivity index (χ0) is 10.8. The van der Waals surface area contributed by atoms with Gasteiger partial charge in [-0.05, 0) is 17.8 Å². The van der Waals surface area contributed by atoms with Crippen LogP contribution in [0.3, 0.4) is 0 Å². The molecule has 0 bridgehead atoms. The molecule has 2 aromatic heterocycles. The van der Waals surface area contributed by atoms with Gasteiger partial charge in [0.25, 0.3) is 0 Å². The second kappa shape index (κ2) is 5.43. The molecule has 17 heavy (non-hydrogen) atoms. The number of nitrogens with zero attached hydrogens (tertiary/aromatic N) is 3. The number of para-hydroxylation sites is 2. The summed E-state index contributed by atoms with van der Waals surface area (Å²) in [5.41, 5.74) is 2.97. The van der Waals surface area contributed by atoms with Crippen LogP contribution in [0.1, 0.15) is 0 Å². The molecule has 1 radical (unpaired) electrons. The number of benzene rings is 1. The molecule has 4 heteroatoms. The van der Waals surface area contributed by atoms with Gasteiger partial charge in [0.15, 0.2) is 0 Å². The van der Waals surface area contributed by atoms with Gasteiger partial charge in [-0.2, -0.15) is 6.07 Å². The molecule has 1 aromatic carbocycles. The minimum absolute atomic E-state index is 0. The Labute approximate surface area is 124 Å². The zero-order valence-corrected chi connectivity index (χ0v) is 11.8. The van der Waals surface area contributed by atoms with Crippen LogP contribution in [-0.4, -0.2) is 15.0 Å². The summed E-state index contributed by atoms with van der Waals surface area (Å²) >= 11 is 0. The fourth-order valence-corrected chi connectivity index (χ4v) is 1.47. The van der Waals surface area contributed by atoms with Gasteiger partial charge < -0.3 is 15.0 Å². The maximum Gasteiger partial charge on any atom is 0.0171 e. The first-order chi connectivity index (χ1) is 7.93. The third kappa shape index (κ3) is 2.56. The van der Waals surface area contributed by atoms with Crippen molar-refractivity contribution in [1.82, 2.24) is 15.0 Å². The Balaban J connectivity index is 0.00000108. The van der Waals surface area contributed by atoms with E-state index in [0.717, 1.165) is 11.0 Å². The van der Waals surface area contributed by atoms with E-state index in [-0.39, 0.29) is 32.7 Å². The smallest absolute Gasteiger partial charge is 0.0171 e. The maximum absolute atomic E-state index is 4.43. The average molecular weight is 294 g/mol. The molecule has 0 unspecified atom stereocenters. The molecule has 79 valence electrons. The van der Waals surface area contributed by atoms with E-state index in [2.05, 4.69) is 27.2 Å². The van der Waals surface area contributed by atoms with Gasteiger partial charge in [-0.3, -0.25) is 0 Å². The van der Waals surface area contributed by atoms with Crippen LogP contribution in [0.2, 0.25) is 0 Å². The molecule has 0 aliphatic carbocycles. The van der Waals surface area contributed by atoms with Crippen molar-refractivity contribution in [3.63, 3.8) is 0 Å². The number of hydrogen-bond acceptors (Lipinski definition) is 3. The third-order valence-electron chi connectivity index (χ3n) is 2.23. The molecule has 0 aliphatic heterocycles. The van der Waals surface area contributed by atoms with Crippen LogP contribution in [0.15, 0.2) is 42.6 Å². The van der Waals surface area contributed by atoms with E-state index >= 15 is 0 Å². The number of aromatic nitrogens is 3. The maximum atomic E-state index is 4.43. The first kappa shape index (κ1) is 12.3. The molecule has 2 heterocycles. The van der Waals surface area contributed by atoms with E-state index in [4.69, 9.17) is 0 Å². The Morgan fingerprint density at radius 1 is 0.941 bits per heavy atom. The molecule has 3 rings (SSSR count). The Hall–Kier alpha value is -1.19. The molecule has 3 aromatic rings. The fourth-order valence-electron chi connectivity index (χ4n) is 1.47. The van der Waals surface area contributed by atoms with Gasteiger partial charge in [0, 0.05) is 38.2 Å². The molecule has 0 saturated carbocycles. The molecule has 0 N–H and O–H groups in total. The van der Waals surface area contributed by atoms with Crippen LogP contribution in [0.25, 0.3) is 22.4 Å². The predicted octanol–water partition coefficient (Wildman–Crippen LogP) is 2.29. The molecular formula is C13H7N3Y-2. The average Bonchev–Trinajstić information content (AvgIpc) is 2.39. The van der Waals surface area contributed by atoms with Crippen molar-refractivity contribution in [2.45, 2.75) is 0 Å². The van der Waals surface area contributed by atoms with Crippen molar-refractivity contribution in [3.05, 3.63) is 54.9 Å². The van der Waals surface area contributed by atoms with Crippen LogP contribution in [-0.2, 0) is 32.7 Å². The molecule has 0 atom stereocenters.